The highest BCUT2D eigenvalue weighted by Crippen LogP contribution is 2.07. The number of ether oxygens (including phenoxy) is 2. The molecule has 1 aliphatic rings. The molecule has 0 aromatic carbocycles. The maximum Gasteiger partial charge on any atom is 0.334 e. The van der Waals surface area contributed by atoms with E-state index in [1.807, 2.05) is 0 Å². The molecule has 0 fully saturated rings. The largest absolute Gasteiger partial charge is 0.477 e. The second kappa shape index (κ2) is 4.23. The zero-order chi connectivity index (χ0) is 9.84. The van der Waals surface area contributed by atoms with E-state index in [9.17, 15) is 4.79 Å². The van der Waals surface area contributed by atoms with E-state index in [4.69, 9.17) is 15.2 Å². The zero-order valence-electron chi connectivity index (χ0n) is 7.82. The smallest absolute Gasteiger partial charge is 0.334 e. The number of carbonyl (C=O) groups excluding carboxylic acids is 1. The minimum atomic E-state index is -0.527. The van der Waals surface area contributed by atoms with Crippen LogP contribution in [-0.4, -0.2) is 37.2 Å². The molecular weight excluding hydrogens is 172 g/mol. The fourth-order valence-electron chi connectivity index (χ4n) is 1.00. The standard InChI is InChI=1S/C8H14N2O3/c1-3-12-8(11)6-4-13-7(10-6)5(2)9/h5-6H,3-4,9H2,1-2H3/t5-,6-/m0/s1. The first kappa shape index (κ1) is 9.98. The summed E-state index contributed by atoms with van der Waals surface area (Å²) in [4.78, 5) is 15.2. The predicted molar refractivity (Wildman–Crippen MR) is 47.5 cm³/mol. The lowest BCUT2D eigenvalue weighted by Gasteiger charge is -2.03. The second-order valence-corrected chi connectivity index (χ2v) is 2.83. The molecule has 0 aliphatic carbocycles. The lowest BCUT2D eigenvalue weighted by molar-refractivity contribution is -0.144. The minimum Gasteiger partial charge on any atom is -0.477 e. The number of hydrogen-bond donors (Lipinski definition) is 1. The first-order valence-electron chi connectivity index (χ1n) is 4.27. The first-order valence-corrected chi connectivity index (χ1v) is 4.27. The monoisotopic (exact) mass is 186 g/mol. The summed E-state index contributed by atoms with van der Waals surface area (Å²) < 4.78 is 9.91. The van der Waals surface area contributed by atoms with Crippen LogP contribution in [0, 0.1) is 0 Å². The van der Waals surface area contributed by atoms with Crippen molar-refractivity contribution >= 4 is 11.9 Å². The van der Waals surface area contributed by atoms with Crippen molar-refractivity contribution in [3.05, 3.63) is 0 Å². The van der Waals surface area contributed by atoms with Crippen LogP contribution in [-0.2, 0) is 14.3 Å². The topological polar surface area (TPSA) is 73.9 Å². The Morgan fingerprint density at radius 2 is 2.62 bits per heavy atom. The SMILES string of the molecule is CCOC(=O)[C@@H]1COC([C@H](C)N)=N1. The number of nitrogens with zero attached hydrogens (tertiary/aromatic N) is 1. The van der Waals surface area contributed by atoms with Gasteiger partial charge in [-0.1, -0.05) is 0 Å². The van der Waals surface area contributed by atoms with Gasteiger partial charge in [0, 0.05) is 0 Å². The molecule has 5 heteroatoms. The van der Waals surface area contributed by atoms with Crippen molar-refractivity contribution in [2.45, 2.75) is 25.9 Å². The summed E-state index contributed by atoms with van der Waals surface area (Å²) in [7, 11) is 0. The molecule has 2 N–H and O–H groups in total. The molecule has 0 amide bonds. The van der Waals surface area contributed by atoms with Gasteiger partial charge in [-0.3, -0.25) is 0 Å². The van der Waals surface area contributed by atoms with Crippen molar-refractivity contribution in [2.24, 2.45) is 10.7 Å². The molecule has 0 bridgehead atoms. The Bertz CT molecular complexity index is 225. The van der Waals surface area contributed by atoms with Gasteiger partial charge in [0.25, 0.3) is 0 Å². The summed E-state index contributed by atoms with van der Waals surface area (Å²) in [5, 5.41) is 0. The number of nitrogens with two attached hydrogens (primary N) is 1. The van der Waals surface area contributed by atoms with E-state index < -0.39 is 6.04 Å². The molecule has 5 nitrogen and oxygen atoms in total. The van der Waals surface area contributed by atoms with Crippen LogP contribution in [0.1, 0.15) is 13.8 Å². The molecule has 0 radical (unpaired) electrons. The lowest BCUT2D eigenvalue weighted by atomic mass is 10.3. The Labute approximate surface area is 76.9 Å². The highest BCUT2D eigenvalue weighted by atomic mass is 16.5. The molecule has 13 heavy (non-hydrogen) atoms. The van der Waals surface area contributed by atoms with Gasteiger partial charge >= 0.3 is 5.97 Å². The highest BCUT2D eigenvalue weighted by Gasteiger charge is 2.28. The summed E-state index contributed by atoms with van der Waals surface area (Å²) in [5.74, 6) is 0.0798. The molecule has 0 saturated carbocycles. The van der Waals surface area contributed by atoms with E-state index in [1.165, 1.54) is 0 Å². The molecule has 1 rings (SSSR count). The van der Waals surface area contributed by atoms with Gasteiger partial charge in [0.1, 0.15) is 6.61 Å². The molecule has 0 aromatic rings. The lowest BCUT2D eigenvalue weighted by Crippen LogP contribution is -2.26. The summed E-state index contributed by atoms with van der Waals surface area (Å²) in [6.45, 7) is 4.12. The van der Waals surface area contributed by atoms with E-state index in [0.29, 0.717) is 12.5 Å². The van der Waals surface area contributed by atoms with E-state index in [-0.39, 0.29) is 18.6 Å². The summed E-state index contributed by atoms with van der Waals surface area (Å²) >= 11 is 0. The minimum absolute atomic E-state index is 0.246. The maximum atomic E-state index is 11.2. The fourth-order valence-corrected chi connectivity index (χ4v) is 1.00. The normalized spacial score (nSPS) is 23.3. The van der Waals surface area contributed by atoms with Crippen LogP contribution in [0.4, 0.5) is 0 Å². The van der Waals surface area contributed by atoms with Crippen LogP contribution in [0.15, 0.2) is 4.99 Å². The zero-order valence-corrected chi connectivity index (χ0v) is 7.82. The molecule has 0 spiro atoms. The summed E-state index contributed by atoms with van der Waals surface area (Å²) in [6, 6.07) is -0.791. The van der Waals surface area contributed by atoms with Gasteiger partial charge in [0.05, 0.1) is 12.6 Å². The van der Waals surface area contributed by atoms with Crippen molar-refractivity contribution in [2.75, 3.05) is 13.2 Å². The van der Waals surface area contributed by atoms with Gasteiger partial charge in [-0.2, -0.15) is 0 Å². The van der Waals surface area contributed by atoms with Crippen LogP contribution >= 0.6 is 0 Å². The van der Waals surface area contributed by atoms with Crippen molar-refractivity contribution in [3.8, 4) is 0 Å². The van der Waals surface area contributed by atoms with Crippen molar-refractivity contribution in [1.82, 2.24) is 0 Å². The average molecular weight is 186 g/mol. The van der Waals surface area contributed by atoms with E-state index in [0.717, 1.165) is 0 Å². The molecular formula is C8H14N2O3. The van der Waals surface area contributed by atoms with Crippen LogP contribution < -0.4 is 5.73 Å². The van der Waals surface area contributed by atoms with E-state index >= 15 is 0 Å². The maximum absolute atomic E-state index is 11.2. The molecule has 1 aliphatic heterocycles. The van der Waals surface area contributed by atoms with Crippen molar-refractivity contribution in [1.29, 1.82) is 0 Å². The van der Waals surface area contributed by atoms with Crippen LogP contribution in [0.5, 0.6) is 0 Å². The average Bonchev–Trinajstić information content (AvgIpc) is 2.52. The fraction of sp³-hybridized carbons (Fsp3) is 0.750. The van der Waals surface area contributed by atoms with Gasteiger partial charge < -0.3 is 15.2 Å². The molecule has 74 valence electrons. The Morgan fingerprint density at radius 3 is 3.08 bits per heavy atom. The molecule has 2 atom stereocenters. The van der Waals surface area contributed by atoms with Gasteiger partial charge in [-0.15, -0.1) is 0 Å². The third-order valence-electron chi connectivity index (χ3n) is 1.62. The molecule has 0 unspecified atom stereocenters. The van der Waals surface area contributed by atoms with Gasteiger partial charge in [-0.25, -0.2) is 9.79 Å². The van der Waals surface area contributed by atoms with Crippen molar-refractivity contribution < 1.29 is 14.3 Å². The van der Waals surface area contributed by atoms with Crippen molar-refractivity contribution in [3.63, 3.8) is 0 Å². The van der Waals surface area contributed by atoms with Crippen LogP contribution in [0.2, 0.25) is 0 Å². The number of hydrogen-bond acceptors (Lipinski definition) is 5. The van der Waals surface area contributed by atoms with Crippen LogP contribution in [0.3, 0.4) is 0 Å². The Balaban J connectivity index is 2.52. The van der Waals surface area contributed by atoms with Gasteiger partial charge in [0.15, 0.2) is 6.04 Å². The summed E-state index contributed by atoms with van der Waals surface area (Å²) in [6.07, 6.45) is 0. The second-order valence-electron chi connectivity index (χ2n) is 2.83. The molecule has 0 saturated heterocycles. The Kier molecular flexibility index (Phi) is 3.25. The van der Waals surface area contributed by atoms with E-state index in [1.54, 1.807) is 13.8 Å². The third kappa shape index (κ3) is 2.42. The number of aliphatic imine (C=N–C) groups is 1. The Hall–Kier alpha value is -1.10. The number of carbonyl (C=O) groups is 1. The number of rotatable bonds is 3. The van der Waals surface area contributed by atoms with E-state index in [2.05, 4.69) is 4.99 Å². The number of esters is 1. The first-order chi connectivity index (χ1) is 6.15. The van der Waals surface area contributed by atoms with Crippen LogP contribution in [0.25, 0.3) is 0 Å². The van der Waals surface area contributed by atoms with Gasteiger partial charge in [-0.05, 0) is 13.8 Å². The predicted octanol–water partition coefficient (Wildman–Crippen LogP) is -0.306. The Morgan fingerprint density at radius 1 is 1.92 bits per heavy atom. The highest BCUT2D eigenvalue weighted by molar-refractivity contribution is 5.88. The quantitative estimate of drug-likeness (QED) is 0.614. The van der Waals surface area contributed by atoms with Gasteiger partial charge in [0.2, 0.25) is 5.90 Å². The summed E-state index contributed by atoms with van der Waals surface area (Å²) in [5.41, 5.74) is 5.53. The third-order valence-corrected chi connectivity index (χ3v) is 1.62. The molecule has 1 heterocycles. The molecule has 0 aromatic heterocycles.